The fourth-order valence-corrected chi connectivity index (χ4v) is 4.31. The second-order valence-electron chi connectivity index (χ2n) is 7.06. The van der Waals surface area contributed by atoms with E-state index in [-0.39, 0.29) is 17.4 Å². The highest BCUT2D eigenvalue weighted by atomic mass is 16.3. The van der Waals surface area contributed by atoms with Crippen LogP contribution in [0.2, 0.25) is 0 Å². The number of furan rings is 1. The zero-order valence-electron chi connectivity index (χ0n) is 13.7. The van der Waals surface area contributed by atoms with E-state index in [0.29, 0.717) is 31.3 Å². The van der Waals surface area contributed by atoms with Crippen LogP contribution in [0.25, 0.3) is 11.0 Å². The Morgan fingerprint density at radius 3 is 2.80 bits per heavy atom. The largest absolute Gasteiger partial charge is 0.451 e. The van der Waals surface area contributed by atoms with Gasteiger partial charge in [-0.1, -0.05) is 24.3 Å². The van der Waals surface area contributed by atoms with Gasteiger partial charge in [-0.2, -0.15) is 0 Å². The van der Waals surface area contributed by atoms with Crippen molar-refractivity contribution in [3.8, 4) is 0 Å². The monoisotopic (exact) mass is 334 g/mol. The Kier molecular flexibility index (Phi) is 3.10. The van der Waals surface area contributed by atoms with Crippen LogP contribution in [0.3, 0.4) is 0 Å². The third-order valence-corrected chi connectivity index (χ3v) is 5.40. The lowest BCUT2D eigenvalue weighted by molar-refractivity contribution is 0.0566. The molecule has 2 aliphatic heterocycles. The summed E-state index contributed by atoms with van der Waals surface area (Å²) in [6.07, 6.45) is 1.04. The first kappa shape index (κ1) is 14.5. The molecule has 2 aliphatic rings. The molecule has 0 unspecified atom stereocenters. The van der Waals surface area contributed by atoms with E-state index in [4.69, 9.17) is 4.42 Å². The maximum atomic E-state index is 12.9. The number of hydrogen-bond acceptors (Lipinski definition) is 3. The van der Waals surface area contributed by atoms with Crippen molar-refractivity contribution in [2.75, 3.05) is 13.1 Å². The normalized spacial score (nSPS) is 22.0. The molecule has 1 fully saturated rings. The van der Waals surface area contributed by atoms with E-state index in [2.05, 4.69) is 0 Å². The van der Waals surface area contributed by atoms with Crippen molar-refractivity contribution >= 4 is 16.9 Å². The Morgan fingerprint density at radius 1 is 1.04 bits per heavy atom. The number of aromatic nitrogens is 1. The van der Waals surface area contributed by atoms with Crippen molar-refractivity contribution < 1.29 is 9.21 Å². The minimum Gasteiger partial charge on any atom is -0.451 e. The summed E-state index contributed by atoms with van der Waals surface area (Å²) in [7, 11) is 0. The van der Waals surface area contributed by atoms with Gasteiger partial charge in [0.05, 0.1) is 0 Å². The first-order chi connectivity index (χ1) is 12.2. The van der Waals surface area contributed by atoms with Crippen molar-refractivity contribution in [1.29, 1.82) is 0 Å². The quantitative estimate of drug-likeness (QED) is 0.688. The van der Waals surface area contributed by atoms with Gasteiger partial charge in [-0.05, 0) is 30.5 Å². The maximum absolute atomic E-state index is 12.9. The Balaban J connectivity index is 1.46. The van der Waals surface area contributed by atoms with Crippen LogP contribution in [0, 0.1) is 5.92 Å². The van der Waals surface area contributed by atoms with Gasteiger partial charge in [-0.3, -0.25) is 9.59 Å². The van der Waals surface area contributed by atoms with Gasteiger partial charge in [-0.25, -0.2) is 0 Å². The standard InChI is InChI=1S/C20H18N2O3/c23-19-7-3-5-16-15-8-13(11-22(16)19)10-21(12-15)20(24)18-9-14-4-1-2-6-17(14)25-18/h1-7,9,13,15H,8,10-12H2/t13-,15+/m0/s1. The topological polar surface area (TPSA) is 55.5 Å². The Morgan fingerprint density at radius 2 is 1.92 bits per heavy atom. The molecule has 126 valence electrons. The highest BCUT2D eigenvalue weighted by Crippen LogP contribution is 2.35. The number of hydrogen-bond donors (Lipinski definition) is 0. The summed E-state index contributed by atoms with van der Waals surface area (Å²) >= 11 is 0. The number of carbonyl (C=O) groups is 1. The number of pyridine rings is 1. The molecule has 0 saturated carbocycles. The average molecular weight is 334 g/mol. The number of rotatable bonds is 1. The van der Waals surface area contributed by atoms with E-state index in [0.717, 1.165) is 23.1 Å². The van der Waals surface area contributed by atoms with Gasteiger partial charge < -0.3 is 13.9 Å². The Hall–Kier alpha value is -2.82. The molecule has 5 rings (SSSR count). The molecule has 2 bridgehead atoms. The molecule has 2 aromatic heterocycles. The molecule has 1 aromatic carbocycles. The lowest BCUT2D eigenvalue weighted by Crippen LogP contribution is -2.49. The van der Waals surface area contributed by atoms with Crippen molar-refractivity contribution in [2.45, 2.75) is 18.9 Å². The molecule has 25 heavy (non-hydrogen) atoms. The van der Waals surface area contributed by atoms with Crippen LogP contribution in [-0.2, 0) is 6.54 Å². The van der Waals surface area contributed by atoms with Gasteiger partial charge in [0.1, 0.15) is 5.58 Å². The maximum Gasteiger partial charge on any atom is 0.289 e. The van der Waals surface area contributed by atoms with Crippen molar-refractivity contribution in [3.63, 3.8) is 0 Å². The summed E-state index contributed by atoms with van der Waals surface area (Å²) in [6.45, 7) is 2.00. The summed E-state index contributed by atoms with van der Waals surface area (Å²) in [4.78, 5) is 26.9. The third kappa shape index (κ3) is 2.30. The molecule has 5 heteroatoms. The molecule has 4 heterocycles. The van der Waals surface area contributed by atoms with Crippen LogP contribution in [-0.4, -0.2) is 28.5 Å². The van der Waals surface area contributed by atoms with Gasteiger partial charge in [0.25, 0.3) is 11.5 Å². The predicted molar refractivity (Wildman–Crippen MR) is 93.7 cm³/mol. The number of likely N-dealkylation sites (tertiary alicyclic amines) is 1. The molecule has 0 aliphatic carbocycles. The second-order valence-corrected chi connectivity index (χ2v) is 7.06. The zero-order chi connectivity index (χ0) is 17.0. The van der Waals surface area contributed by atoms with E-state index in [1.807, 2.05) is 51.9 Å². The molecular formula is C20H18N2O3. The number of nitrogens with zero attached hydrogens (tertiary/aromatic N) is 2. The van der Waals surface area contributed by atoms with Gasteiger partial charge in [0, 0.05) is 42.7 Å². The first-order valence-corrected chi connectivity index (χ1v) is 8.66. The predicted octanol–water partition coefficient (Wildman–Crippen LogP) is 2.85. The van der Waals surface area contributed by atoms with Gasteiger partial charge >= 0.3 is 0 Å². The smallest absolute Gasteiger partial charge is 0.289 e. The molecule has 2 atom stereocenters. The summed E-state index contributed by atoms with van der Waals surface area (Å²) in [6, 6.07) is 14.9. The molecule has 0 spiro atoms. The Labute approximate surface area is 144 Å². The average Bonchev–Trinajstić information content (AvgIpc) is 3.06. The molecule has 0 N–H and O–H groups in total. The van der Waals surface area contributed by atoms with Crippen molar-refractivity contribution in [3.05, 3.63) is 70.3 Å². The minimum atomic E-state index is -0.0578. The lowest BCUT2D eigenvalue weighted by Gasteiger charge is -2.42. The fourth-order valence-electron chi connectivity index (χ4n) is 4.31. The number of piperidine rings is 1. The third-order valence-electron chi connectivity index (χ3n) is 5.40. The summed E-state index contributed by atoms with van der Waals surface area (Å²) in [5, 5.41) is 0.944. The van der Waals surface area contributed by atoms with Crippen LogP contribution in [0.4, 0.5) is 0 Å². The van der Waals surface area contributed by atoms with Crippen LogP contribution in [0.1, 0.15) is 28.6 Å². The Bertz CT molecular complexity index is 1000. The van der Waals surface area contributed by atoms with Gasteiger partial charge in [-0.15, -0.1) is 0 Å². The minimum absolute atomic E-state index is 0.0578. The van der Waals surface area contributed by atoms with Gasteiger partial charge in [0.15, 0.2) is 5.76 Å². The zero-order valence-corrected chi connectivity index (χ0v) is 13.7. The van der Waals surface area contributed by atoms with Crippen LogP contribution < -0.4 is 5.56 Å². The number of carbonyl (C=O) groups excluding carboxylic acids is 1. The number of fused-ring (bicyclic) bond motifs is 5. The van der Waals surface area contributed by atoms with E-state index in [1.54, 1.807) is 6.07 Å². The summed E-state index contributed by atoms with van der Waals surface area (Å²) in [5.74, 6) is 0.874. The summed E-state index contributed by atoms with van der Waals surface area (Å²) in [5.41, 5.74) is 1.84. The number of amides is 1. The molecule has 1 amide bonds. The van der Waals surface area contributed by atoms with Crippen LogP contribution >= 0.6 is 0 Å². The molecule has 1 saturated heterocycles. The van der Waals surface area contributed by atoms with E-state index < -0.39 is 0 Å². The first-order valence-electron chi connectivity index (χ1n) is 8.66. The van der Waals surface area contributed by atoms with E-state index in [9.17, 15) is 9.59 Å². The molecular weight excluding hydrogens is 316 g/mol. The molecule has 0 radical (unpaired) electrons. The summed E-state index contributed by atoms with van der Waals surface area (Å²) < 4.78 is 7.62. The highest BCUT2D eigenvalue weighted by Gasteiger charge is 2.37. The van der Waals surface area contributed by atoms with Crippen molar-refractivity contribution in [2.24, 2.45) is 5.92 Å². The SMILES string of the molecule is O=C(c1cc2ccccc2o1)N1C[C@@H]2C[C@H](C1)c1cccc(=O)n1C2. The number of benzene rings is 1. The molecule has 5 nitrogen and oxygen atoms in total. The van der Waals surface area contributed by atoms with Crippen LogP contribution in [0.15, 0.2) is 57.7 Å². The van der Waals surface area contributed by atoms with Crippen LogP contribution in [0.5, 0.6) is 0 Å². The highest BCUT2D eigenvalue weighted by molar-refractivity contribution is 5.96. The number of para-hydroxylation sites is 1. The lowest BCUT2D eigenvalue weighted by atomic mass is 9.83. The van der Waals surface area contributed by atoms with Crippen molar-refractivity contribution in [1.82, 2.24) is 9.47 Å². The van der Waals surface area contributed by atoms with Gasteiger partial charge in [0.2, 0.25) is 0 Å². The second kappa shape index (κ2) is 5.34. The molecule has 3 aromatic rings. The van der Waals surface area contributed by atoms with E-state index in [1.165, 1.54) is 0 Å². The fraction of sp³-hybridized carbons (Fsp3) is 0.300. The van der Waals surface area contributed by atoms with E-state index >= 15 is 0 Å².